The van der Waals surface area contributed by atoms with Gasteiger partial charge in [-0.15, -0.1) is 11.3 Å². The first-order valence-electron chi connectivity index (χ1n) is 13.6. The molecule has 1 heterocycles. The van der Waals surface area contributed by atoms with E-state index in [1.165, 1.54) is 22.4 Å². The highest BCUT2D eigenvalue weighted by molar-refractivity contribution is 7.21. The fourth-order valence-electron chi connectivity index (χ4n) is 5.27. The van der Waals surface area contributed by atoms with E-state index in [4.69, 9.17) is 4.98 Å². The number of rotatable bonds is 4. The van der Waals surface area contributed by atoms with Gasteiger partial charge in [-0.2, -0.15) is 13.2 Å². The van der Waals surface area contributed by atoms with Crippen molar-refractivity contribution < 1.29 is 13.2 Å². The smallest absolute Gasteiger partial charge is 0.236 e. The second-order valence-corrected chi connectivity index (χ2v) is 11.5. The van der Waals surface area contributed by atoms with Crippen LogP contribution in [0.1, 0.15) is 11.1 Å². The van der Waals surface area contributed by atoms with Crippen LogP contribution in [0.4, 0.5) is 13.2 Å². The third-order valence-electron chi connectivity index (χ3n) is 7.61. The lowest BCUT2D eigenvalue weighted by molar-refractivity contribution is -0.137. The lowest BCUT2D eigenvalue weighted by atomic mass is 9.96. The summed E-state index contributed by atoms with van der Waals surface area (Å²) in [5, 5.41) is 3.33. The van der Waals surface area contributed by atoms with Crippen molar-refractivity contribution >= 4 is 32.3 Å². The summed E-state index contributed by atoms with van der Waals surface area (Å²) in [6, 6.07) is 41.1. The molecule has 1 aromatic heterocycles. The Balaban J connectivity index is 1.11. The van der Waals surface area contributed by atoms with Gasteiger partial charge in [0.05, 0.1) is 15.8 Å². The Morgan fingerprint density at radius 2 is 0.952 bits per heavy atom. The highest BCUT2D eigenvalue weighted by Gasteiger charge is 2.29. The van der Waals surface area contributed by atoms with Crippen LogP contribution in [0.3, 0.4) is 0 Å². The topological polar surface area (TPSA) is 12.9 Å². The molecular formula is C37H24F3NS. The van der Waals surface area contributed by atoms with E-state index >= 15 is 0 Å². The van der Waals surface area contributed by atoms with Gasteiger partial charge in [0, 0.05) is 5.56 Å². The predicted octanol–water partition coefficient (Wildman–Crippen LogP) is 11.4. The van der Waals surface area contributed by atoms with E-state index in [9.17, 15) is 13.2 Å². The third kappa shape index (κ3) is 5.08. The summed E-state index contributed by atoms with van der Waals surface area (Å²) in [5.74, 6) is 0. The zero-order valence-corrected chi connectivity index (χ0v) is 23.4. The second-order valence-electron chi connectivity index (χ2n) is 10.5. The Morgan fingerprint density at radius 3 is 1.48 bits per heavy atom. The van der Waals surface area contributed by atoms with Crippen molar-refractivity contribution in [2.24, 2.45) is 0 Å². The molecule has 6 aromatic carbocycles. The molecule has 0 saturated carbocycles. The van der Waals surface area contributed by atoms with Gasteiger partial charge < -0.3 is 0 Å². The fraction of sp³-hybridized carbons (Fsp3) is 0.0541. The predicted molar refractivity (Wildman–Crippen MR) is 169 cm³/mol. The highest BCUT2D eigenvalue weighted by Crippen LogP contribution is 2.35. The number of aryl methyl sites for hydroxylation is 1. The van der Waals surface area contributed by atoms with Crippen LogP contribution < -0.4 is 0 Å². The quantitative estimate of drug-likeness (QED) is 0.205. The van der Waals surface area contributed by atoms with Crippen LogP contribution in [0, 0.1) is 6.92 Å². The maximum atomic E-state index is 12.9. The number of hydrogen-bond acceptors (Lipinski definition) is 2. The van der Waals surface area contributed by atoms with E-state index < -0.39 is 11.7 Å². The van der Waals surface area contributed by atoms with Gasteiger partial charge in [-0.05, 0) is 93.0 Å². The largest absolute Gasteiger partial charge is 0.416 e. The van der Waals surface area contributed by atoms with Crippen LogP contribution in [0.25, 0.3) is 64.9 Å². The Hall–Kier alpha value is -4.74. The molecule has 0 spiro atoms. The van der Waals surface area contributed by atoms with Crippen molar-refractivity contribution in [3.8, 4) is 44.0 Å². The number of halogens is 3. The van der Waals surface area contributed by atoms with E-state index in [1.54, 1.807) is 11.3 Å². The van der Waals surface area contributed by atoms with Gasteiger partial charge in [0.15, 0.2) is 0 Å². The molecule has 0 radical (unpaired) electrons. The molecule has 0 amide bonds. The van der Waals surface area contributed by atoms with Crippen LogP contribution in [-0.4, -0.2) is 4.98 Å². The minimum atomic E-state index is -4.33. The number of alkyl halides is 3. The van der Waals surface area contributed by atoms with Crippen LogP contribution in [0.5, 0.6) is 0 Å². The standard InChI is InChI=1S/C37H24F3NS/c1-23-2-19-34-35(20-23)42-36(41-34)28-9-7-27(8-10-28)30-12-14-31-21-29(11-13-32(31)22-30)26-5-3-24(4-6-26)25-15-17-33(18-16-25)37(38,39)40/h2-22H,1H3. The van der Waals surface area contributed by atoms with Crippen LogP contribution in [0.15, 0.2) is 127 Å². The minimum Gasteiger partial charge on any atom is -0.236 e. The molecule has 42 heavy (non-hydrogen) atoms. The van der Waals surface area contributed by atoms with Gasteiger partial charge in [0.2, 0.25) is 0 Å². The summed E-state index contributed by atoms with van der Waals surface area (Å²) < 4.78 is 39.9. The molecule has 7 aromatic rings. The van der Waals surface area contributed by atoms with E-state index in [1.807, 2.05) is 24.3 Å². The average molecular weight is 572 g/mol. The molecule has 0 saturated heterocycles. The fourth-order valence-corrected chi connectivity index (χ4v) is 6.34. The molecule has 0 N–H and O–H groups in total. The van der Waals surface area contributed by atoms with Crippen molar-refractivity contribution in [3.63, 3.8) is 0 Å². The van der Waals surface area contributed by atoms with Gasteiger partial charge in [-0.1, -0.05) is 91.0 Å². The number of nitrogens with zero attached hydrogens (tertiary/aromatic N) is 1. The first-order valence-corrected chi connectivity index (χ1v) is 14.4. The van der Waals surface area contributed by atoms with Gasteiger partial charge in [-0.25, -0.2) is 4.98 Å². The zero-order chi connectivity index (χ0) is 28.8. The molecule has 0 unspecified atom stereocenters. The molecule has 0 aliphatic heterocycles. The maximum absolute atomic E-state index is 12.9. The molecular weight excluding hydrogens is 547 g/mol. The monoisotopic (exact) mass is 571 g/mol. The molecule has 204 valence electrons. The highest BCUT2D eigenvalue weighted by atomic mass is 32.1. The van der Waals surface area contributed by atoms with Gasteiger partial charge >= 0.3 is 6.18 Å². The molecule has 0 aliphatic rings. The summed E-state index contributed by atoms with van der Waals surface area (Å²) in [5.41, 5.74) is 8.83. The summed E-state index contributed by atoms with van der Waals surface area (Å²) in [6.07, 6.45) is -4.33. The van der Waals surface area contributed by atoms with Crippen LogP contribution in [0.2, 0.25) is 0 Å². The molecule has 0 fully saturated rings. The van der Waals surface area contributed by atoms with Crippen molar-refractivity contribution in [1.29, 1.82) is 0 Å². The summed E-state index contributed by atoms with van der Waals surface area (Å²) in [6.45, 7) is 2.10. The van der Waals surface area contributed by atoms with Crippen molar-refractivity contribution in [2.45, 2.75) is 13.1 Å². The minimum absolute atomic E-state index is 0.640. The average Bonchev–Trinajstić information content (AvgIpc) is 3.44. The Kier molecular flexibility index (Phi) is 6.40. The molecule has 5 heteroatoms. The molecule has 0 bridgehead atoms. The van der Waals surface area contributed by atoms with Crippen molar-refractivity contribution in [3.05, 3.63) is 139 Å². The first kappa shape index (κ1) is 26.2. The summed E-state index contributed by atoms with van der Waals surface area (Å²) in [7, 11) is 0. The normalized spacial score (nSPS) is 11.8. The summed E-state index contributed by atoms with van der Waals surface area (Å²) in [4.78, 5) is 4.81. The molecule has 7 rings (SSSR count). The molecule has 0 atom stereocenters. The maximum Gasteiger partial charge on any atom is 0.416 e. The van der Waals surface area contributed by atoms with E-state index in [0.29, 0.717) is 0 Å². The van der Waals surface area contributed by atoms with Gasteiger partial charge in [-0.3, -0.25) is 0 Å². The summed E-state index contributed by atoms with van der Waals surface area (Å²) >= 11 is 1.72. The van der Waals surface area contributed by atoms with Crippen LogP contribution in [-0.2, 0) is 6.18 Å². The number of thiazole rings is 1. The Morgan fingerprint density at radius 1 is 0.500 bits per heavy atom. The third-order valence-corrected chi connectivity index (χ3v) is 8.68. The SMILES string of the molecule is Cc1ccc2nc(-c3ccc(-c4ccc5cc(-c6ccc(-c7ccc(C(F)(F)F)cc7)cc6)ccc5c4)cc3)sc2c1. The van der Waals surface area contributed by atoms with E-state index in [-0.39, 0.29) is 0 Å². The second kappa shape index (κ2) is 10.3. The van der Waals surface area contributed by atoms with Crippen molar-refractivity contribution in [1.82, 2.24) is 4.98 Å². The first-order chi connectivity index (χ1) is 20.3. The zero-order valence-electron chi connectivity index (χ0n) is 22.6. The lowest BCUT2D eigenvalue weighted by Gasteiger charge is -2.10. The van der Waals surface area contributed by atoms with Gasteiger partial charge in [0.1, 0.15) is 5.01 Å². The number of fused-ring (bicyclic) bond motifs is 2. The number of aromatic nitrogens is 1. The molecule has 0 aliphatic carbocycles. The van der Waals surface area contributed by atoms with E-state index in [0.717, 1.165) is 72.4 Å². The van der Waals surface area contributed by atoms with Crippen LogP contribution >= 0.6 is 11.3 Å². The molecule has 1 nitrogen and oxygen atoms in total. The van der Waals surface area contributed by atoms with E-state index in [2.05, 4.69) is 85.8 Å². The Bertz CT molecular complexity index is 2050. The Labute approximate surface area is 245 Å². The number of benzene rings is 6. The lowest BCUT2D eigenvalue weighted by Crippen LogP contribution is -2.03. The van der Waals surface area contributed by atoms with Gasteiger partial charge in [0.25, 0.3) is 0 Å². The van der Waals surface area contributed by atoms with Crippen molar-refractivity contribution in [2.75, 3.05) is 0 Å². The number of hydrogen-bond donors (Lipinski definition) is 0.